The number of benzene rings is 1. The Bertz CT molecular complexity index is 539. The van der Waals surface area contributed by atoms with Gasteiger partial charge in [-0.2, -0.15) is 0 Å². The van der Waals surface area contributed by atoms with Crippen molar-refractivity contribution in [2.45, 2.75) is 32.6 Å². The maximum Gasteiger partial charge on any atom is 0.0794 e. The molecule has 19 heavy (non-hydrogen) atoms. The van der Waals surface area contributed by atoms with Crippen molar-refractivity contribution >= 4 is 11.3 Å². The van der Waals surface area contributed by atoms with Crippen LogP contribution >= 0.6 is 11.3 Å². The first-order valence-corrected chi connectivity index (χ1v) is 7.55. The first-order chi connectivity index (χ1) is 9.36. The van der Waals surface area contributed by atoms with Crippen LogP contribution < -0.4 is 5.32 Å². The summed E-state index contributed by atoms with van der Waals surface area (Å²) < 4.78 is 5.49. The Morgan fingerprint density at radius 1 is 1.37 bits per heavy atom. The van der Waals surface area contributed by atoms with Crippen molar-refractivity contribution in [3.05, 3.63) is 51.5 Å². The molecule has 0 saturated carbocycles. The molecule has 0 bridgehead atoms. The summed E-state index contributed by atoms with van der Waals surface area (Å²) >= 11 is 1.72. The average Bonchev–Trinajstić information content (AvgIpc) is 3.08. The number of thiazole rings is 1. The van der Waals surface area contributed by atoms with E-state index >= 15 is 0 Å². The van der Waals surface area contributed by atoms with Gasteiger partial charge in [0.15, 0.2) is 0 Å². The zero-order valence-corrected chi connectivity index (χ0v) is 11.9. The first-order valence-electron chi connectivity index (χ1n) is 6.67. The number of ether oxygens (including phenoxy) is 1. The van der Waals surface area contributed by atoms with E-state index in [4.69, 9.17) is 4.74 Å². The van der Waals surface area contributed by atoms with Gasteiger partial charge in [-0.25, -0.2) is 0 Å². The average molecular weight is 274 g/mol. The fourth-order valence-corrected chi connectivity index (χ4v) is 3.15. The Morgan fingerprint density at radius 3 is 3.05 bits per heavy atom. The summed E-state index contributed by atoms with van der Waals surface area (Å²) in [5.74, 6) is 0. The standard InChI is InChI=1S/C15H18N2OS/c1-2-17-15(6-14-7-16-10-19-14)11-3-4-12-8-18-9-13(12)5-11/h3-5,7,10,15,17H,2,6,8-9H2,1H3. The summed E-state index contributed by atoms with van der Waals surface area (Å²) in [5, 5.41) is 3.57. The normalized spacial score (nSPS) is 15.4. The number of hydrogen-bond donors (Lipinski definition) is 1. The van der Waals surface area contributed by atoms with E-state index in [-0.39, 0.29) is 0 Å². The molecule has 3 nitrogen and oxygen atoms in total. The Hall–Kier alpha value is -1.23. The molecule has 1 aliphatic rings. The number of likely N-dealkylation sites (N-methyl/N-ethyl adjacent to an activating group) is 1. The van der Waals surface area contributed by atoms with Crippen molar-refractivity contribution in [2.75, 3.05) is 6.54 Å². The van der Waals surface area contributed by atoms with Gasteiger partial charge < -0.3 is 10.1 Å². The van der Waals surface area contributed by atoms with Crippen LogP contribution in [0.2, 0.25) is 0 Å². The van der Waals surface area contributed by atoms with Crippen LogP contribution in [-0.4, -0.2) is 11.5 Å². The second-order valence-electron chi connectivity index (χ2n) is 4.80. The van der Waals surface area contributed by atoms with Crippen molar-refractivity contribution in [3.63, 3.8) is 0 Å². The predicted octanol–water partition coefficient (Wildman–Crippen LogP) is 3.07. The van der Waals surface area contributed by atoms with Gasteiger partial charge >= 0.3 is 0 Å². The van der Waals surface area contributed by atoms with Gasteiger partial charge in [0.2, 0.25) is 0 Å². The molecular formula is C15H18N2OS. The summed E-state index contributed by atoms with van der Waals surface area (Å²) in [6.07, 6.45) is 2.96. The lowest BCUT2D eigenvalue weighted by Crippen LogP contribution is -2.22. The summed E-state index contributed by atoms with van der Waals surface area (Å²) in [7, 11) is 0. The minimum atomic E-state index is 0.358. The monoisotopic (exact) mass is 274 g/mol. The number of rotatable bonds is 5. The molecule has 0 radical (unpaired) electrons. The van der Waals surface area contributed by atoms with Crippen molar-refractivity contribution in [2.24, 2.45) is 0 Å². The molecule has 0 aliphatic carbocycles. The third-order valence-electron chi connectivity index (χ3n) is 3.49. The number of nitrogens with one attached hydrogen (secondary N) is 1. The number of fused-ring (bicyclic) bond motifs is 1. The number of hydrogen-bond acceptors (Lipinski definition) is 4. The van der Waals surface area contributed by atoms with Gasteiger partial charge in [-0.05, 0) is 23.2 Å². The van der Waals surface area contributed by atoms with Crippen LogP contribution in [0.25, 0.3) is 0 Å². The van der Waals surface area contributed by atoms with E-state index in [0.717, 1.165) is 26.2 Å². The second-order valence-corrected chi connectivity index (χ2v) is 5.77. The fraction of sp³-hybridized carbons (Fsp3) is 0.400. The van der Waals surface area contributed by atoms with E-state index in [0.29, 0.717) is 6.04 Å². The summed E-state index contributed by atoms with van der Waals surface area (Å²) in [5.41, 5.74) is 5.91. The third kappa shape index (κ3) is 2.86. The predicted molar refractivity (Wildman–Crippen MR) is 77.2 cm³/mol. The molecular weight excluding hydrogens is 256 g/mol. The van der Waals surface area contributed by atoms with Gasteiger partial charge in [0.1, 0.15) is 0 Å². The van der Waals surface area contributed by atoms with Crippen LogP contribution in [0.15, 0.2) is 29.9 Å². The van der Waals surface area contributed by atoms with Gasteiger partial charge in [-0.3, -0.25) is 4.98 Å². The third-order valence-corrected chi connectivity index (χ3v) is 4.29. The molecule has 1 aromatic heterocycles. The highest BCUT2D eigenvalue weighted by Crippen LogP contribution is 2.26. The number of aromatic nitrogens is 1. The SMILES string of the molecule is CCNC(Cc1cncs1)c1ccc2c(c1)COC2. The molecule has 3 rings (SSSR count). The summed E-state index contributed by atoms with van der Waals surface area (Å²) in [6, 6.07) is 7.07. The molecule has 1 N–H and O–H groups in total. The van der Waals surface area contributed by atoms with Crippen LogP contribution in [0.4, 0.5) is 0 Å². The lowest BCUT2D eigenvalue weighted by molar-refractivity contribution is 0.134. The van der Waals surface area contributed by atoms with Crippen LogP contribution in [0.3, 0.4) is 0 Å². The molecule has 0 fully saturated rings. The quantitative estimate of drug-likeness (QED) is 0.910. The van der Waals surface area contributed by atoms with E-state index < -0.39 is 0 Å². The van der Waals surface area contributed by atoms with Crippen molar-refractivity contribution in [1.82, 2.24) is 10.3 Å². The molecule has 1 aliphatic heterocycles. The lowest BCUT2D eigenvalue weighted by Gasteiger charge is -2.18. The minimum Gasteiger partial charge on any atom is -0.372 e. The largest absolute Gasteiger partial charge is 0.372 e. The highest BCUT2D eigenvalue weighted by Gasteiger charge is 2.16. The first kappa shape index (κ1) is 12.8. The molecule has 2 heterocycles. The summed E-state index contributed by atoms with van der Waals surface area (Å²) in [4.78, 5) is 5.48. The van der Waals surface area contributed by atoms with Crippen molar-refractivity contribution in [1.29, 1.82) is 0 Å². The molecule has 4 heteroatoms. The number of nitrogens with zero attached hydrogens (tertiary/aromatic N) is 1. The minimum absolute atomic E-state index is 0.358. The fourth-order valence-electron chi connectivity index (χ4n) is 2.51. The molecule has 100 valence electrons. The summed E-state index contributed by atoms with van der Waals surface area (Å²) in [6.45, 7) is 4.63. The second kappa shape index (κ2) is 5.82. The van der Waals surface area contributed by atoms with Crippen LogP contribution in [0.5, 0.6) is 0 Å². The maximum atomic E-state index is 5.49. The van der Waals surface area contributed by atoms with Crippen molar-refractivity contribution < 1.29 is 4.74 Å². The zero-order valence-electron chi connectivity index (χ0n) is 11.1. The lowest BCUT2D eigenvalue weighted by atomic mass is 9.98. The van der Waals surface area contributed by atoms with Crippen molar-refractivity contribution in [3.8, 4) is 0 Å². The van der Waals surface area contributed by atoms with Gasteiger partial charge in [0, 0.05) is 23.5 Å². The molecule has 0 amide bonds. The maximum absolute atomic E-state index is 5.49. The topological polar surface area (TPSA) is 34.2 Å². The van der Waals surface area contributed by atoms with E-state index in [1.807, 2.05) is 11.7 Å². The van der Waals surface area contributed by atoms with Crippen LogP contribution in [0.1, 0.15) is 34.5 Å². The molecule has 1 atom stereocenters. The van der Waals surface area contributed by atoms with Gasteiger partial charge in [0.05, 0.1) is 18.7 Å². The van der Waals surface area contributed by atoms with E-state index in [1.165, 1.54) is 21.6 Å². The highest BCUT2D eigenvalue weighted by molar-refractivity contribution is 7.09. The Kier molecular flexibility index (Phi) is 3.92. The molecule has 0 saturated heterocycles. The van der Waals surface area contributed by atoms with Gasteiger partial charge in [-0.15, -0.1) is 11.3 Å². The molecule has 1 unspecified atom stereocenters. The molecule has 1 aromatic carbocycles. The van der Waals surface area contributed by atoms with Crippen LogP contribution in [-0.2, 0) is 24.4 Å². The molecule has 0 spiro atoms. The Balaban J connectivity index is 1.83. The van der Waals surface area contributed by atoms with Gasteiger partial charge in [0.25, 0.3) is 0 Å². The van der Waals surface area contributed by atoms with E-state index in [1.54, 1.807) is 11.3 Å². The van der Waals surface area contributed by atoms with Crippen LogP contribution in [0, 0.1) is 0 Å². The Morgan fingerprint density at radius 2 is 2.26 bits per heavy atom. The smallest absolute Gasteiger partial charge is 0.0794 e. The zero-order chi connectivity index (χ0) is 13.1. The highest BCUT2D eigenvalue weighted by atomic mass is 32.1. The molecule has 2 aromatic rings. The van der Waals surface area contributed by atoms with E-state index in [9.17, 15) is 0 Å². The van der Waals surface area contributed by atoms with Gasteiger partial charge in [-0.1, -0.05) is 25.1 Å². The Labute approximate surface area is 117 Å². The van der Waals surface area contributed by atoms with E-state index in [2.05, 4.69) is 35.4 Å².